The molecule has 10 nitrogen and oxygen atoms in total. The van der Waals surface area contributed by atoms with Crippen molar-refractivity contribution >= 4 is 11.9 Å². The number of carbonyl (C=O) groups is 2. The first-order valence-electron chi connectivity index (χ1n) is 9.69. The van der Waals surface area contributed by atoms with E-state index in [0.29, 0.717) is 16.7 Å². The average molecular weight is 448 g/mol. The number of carbonyl (C=O) groups excluding carboxylic acids is 2. The standard InChI is InChI=1S/C22H24O10/c1-29-20(27)12-5-3-4-11(8-12)14-7-6-13(9-15(14)21(28)30-2)31-22-19(26)18(25)17(24)16(10-23)32-22/h3-9,16-19,22-26H,10H2,1-2H3/t16-,17-,18+,19+,22+/m1/s1. The van der Waals surface area contributed by atoms with Gasteiger partial charge in [0, 0.05) is 0 Å². The van der Waals surface area contributed by atoms with E-state index in [1.165, 1.54) is 26.4 Å². The molecule has 0 spiro atoms. The average Bonchev–Trinajstić information content (AvgIpc) is 2.83. The number of aliphatic hydroxyl groups is 4. The van der Waals surface area contributed by atoms with Gasteiger partial charge in [-0.25, -0.2) is 9.59 Å². The predicted octanol–water partition coefficient (Wildman–Crippen LogP) is 0.105. The Morgan fingerprint density at radius 1 is 0.938 bits per heavy atom. The van der Waals surface area contributed by atoms with Crippen molar-refractivity contribution in [2.24, 2.45) is 0 Å². The van der Waals surface area contributed by atoms with Gasteiger partial charge < -0.3 is 39.4 Å². The van der Waals surface area contributed by atoms with Crippen molar-refractivity contribution in [2.45, 2.75) is 30.7 Å². The second-order valence-electron chi connectivity index (χ2n) is 7.09. The molecule has 0 amide bonds. The first kappa shape index (κ1) is 23.6. The maximum atomic E-state index is 12.4. The lowest BCUT2D eigenvalue weighted by Crippen LogP contribution is -2.60. The fourth-order valence-corrected chi connectivity index (χ4v) is 3.36. The van der Waals surface area contributed by atoms with Crippen LogP contribution in [0.2, 0.25) is 0 Å². The third-order valence-corrected chi connectivity index (χ3v) is 5.09. The van der Waals surface area contributed by atoms with Gasteiger partial charge in [-0.15, -0.1) is 0 Å². The highest BCUT2D eigenvalue weighted by Gasteiger charge is 2.44. The Labute approximate surface area is 183 Å². The molecule has 1 aliphatic rings. The fourth-order valence-electron chi connectivity index (χ4n) is 3.36. The van der Waals surface area contributed by atoms with E-state index in [1.807, 2.05) is 0 Å². The number of hydrogen-bond donors (Lipinski definition) is 4. The lowest BCUT2D eigenvalue weighted by Gasteiger charge is -2.39. The van der Waals surface area contributed by atoms with Crippen molar-refractivity contribution in [3.8, 4) is 16.9 Å². The van der Waals surface area contributed by atoms with Crippen molar-refractivity contribution < 1.29 is 49.0 Å². The molecule has 0 aromatic heterocycles. The molecule has 0 unspecified atom stereocenters. The summed E-state index contributed by atoms with van der Waals surface area (Å²) in [7, 11) is 2.47. The van der Waals surface area contributed by atoms with Crippen LogP contribution in [0.4, 0.5) is 0 Å². The van der Waals surface area contributed by atoms with Gasteiger partial charge in [0.15, 0.2) is 0 Å². The summed E-state index contributed by atoms with van der Waals surface area (Å²) in [5, 5.41) is 39.3. The molecular formula is C22H24O10. The summed E-state index contributed by atoms with van der Waals surface area (Å²) in [6, 6.07) is 10.9. The molecular weight excluding hydrogens is 424 g/mol. The molecule has 2 aromatic carbocycles. The molecule has 1 heterocycles. The third-order valence-electron chi connectivity index (χ3n) is 5.09. The van der Waals surface area contributed by atoms with Gasteiger partial charge in [0.05, 0.1) is 32.0 Å². The Hall–Kier alpha value is -3.02. The predicted molar refractivity (Wildman–Crippen MR) is 109 cm³/mol. The highest BCUT2D eigenvalue weighted by molar-refractivity contribution is 5.99. The number of esters is 2. The molecule has 4 N–H and O–H groups in total. The number of methoxy groups -OCH3 is 2. The Kier molecular flexibility index (Phi) is 7.44. The summed E-state index contributed by atoms with van der Waals surface area (Å²) in [6.07, 6.45) is -7.29. The van der Waals surface area contributed by atoms with Crippen LogP contribution in [0.25, 0.3) is 11.1 Å². The summed E-state index contributed by atoms with van der Waals surface area (Å²) in [5.74, 6) is -1.11. The first-order chi connectivity index (χ1) is 15.3. The van der Waals surface area contributed by atoms with Gasteiger partial charge in [-0.3, -0.25) is 0 Å². The minimum absolute atomic E-state index is 0.0996. The smallest absolute Gasteiger partial charge is 0.338 e. The SMILES string of the molecule is COC(=O)c1cccc(-c2ccc(O[C@H]3O[C@H](CO)[C@@H](O)[C@H](O)[C@@H]3O)cc2C(=O)OC)c1. The van der Waals surface area contributed by atoms with Crippen LogP contribution in [0.15, 0.2) is 42.5 Å². The van der Waals surface area contributed by atoms with Crippen LogP contribution in [0.3, 0.4) is 0 Å². The van der Waals surface area contributed by atoms with Crippen molar-refractivity contribution in [3.05, 3.63) is 53.6 Å². The molecule has 1 aliphatic heterocycles. The molecule has 172 valence electrons. The molecule has 5 atom stereocenters. The molecule has 10 heteroatoms. The fraction of sp³-hybridized carbons (Fsp3) is 0.364. The van der Waals surface area contributed by atoms with E-state index in [-0.39, 0.29) is 11.3 Å². The van der Waals surface area contributed by atoms with Crippen LogP contribution in [0.5, 0.6) is 5.75 Å². The van der Waals surface area contributed by atoms with Crippen LogP contribution in [0.1, 0.15) is 20.7 Å². The van der Waals surface area contributed by atoms with E-state index >= 15 is 0 Å². The van der Waals surface area contributed by atoms with Crippen molar-refractivity contribution in [3.63, 3.8) is 0 Å². The van der Waals surface area contributed by atoms with E-state index in [1.54, 1.807) is 30.3 Å². The number of rotatable bonds is 6. The number of aliphatic hydroxyl groups excluding tert-OH is 4. The molecule has 1 saturated heterocycles. The van der Waals surface area contributed by atoms with Crippen molar-refractivity contribution in [1.82, 2.24) is 0 Å². The van der Waals surface area contributed by atoms with Gasteiger partial charge in [0.25, 0.3) is 0 Å². The van der Waals surface area contributed by atoms with Crippen LogP contribution < -0.4 is 4.74 Å². The van der Waals surface area contributed by atoms with Crippen LogP contribution in [-0.2, 0) is 14.2 Å². The zero-order valence-corrected chi connectivity index (χ0v) is 17.4. The molecule has 3 rings (SSSR count). The molecule has 0 aliphatic carbocycles. The highest BCUT2D eigenvalue weighted by Crippen LogP contribution is 2.31. The second-order valence-corrected chi connectivity index (χ2v) is 7.09. The van der Waals surface area contributed by atoms with Crippen LogP contribution in [-0.4, -0.2) is 83.9 Å². The third kappa shape index (κ3) is 4.74. The van der Waals surface area contributed by atoms with Crippen molar-refractivity contribution in [2.75, 3.05) is 20.8 Å². The van der Waals surface area contributed by atoms with E-state index < -0.39 is 49.3 Å². The van der Waals surface area contributed by atoms with Gasteiger partial charge in [-0.1, -0.05) is 12.1 Å². The molecule has 0 bridgehead atoms. The zero-order valence-electron chi connectivity index (χ0n) is 17.4. The lowest BCUT2D eigenvalue weighted by molar-refractivity contribution is -0.277. The Balaban J connectivity index is 1.94. The van der Waals surface area contributed by atoms with Gasteiger partial charge in [-0.05, 0) is 41.5 Å². The quantitative estimate of drug-likeness (QED) is 0.448. The normalized spacial score (nSPS) is 25.1. The summed E-state index contributed by atoms with van der Waals surface area (Å²) in [5.41, 5.74) is 1.40. The molecule has 0 saturated carbocycles. The largest absolute Gasteiger partial charge is 0.465 e. The summed E-state index contributed by atoms with van der Waals surface area (Å²) < 4.78 is 20.5. The summed E-state index contributed by atoms with van der Waals surface area (Å²) in [6.45, 7) is -0.603. The highest BCUT2D eigenvalue weighted by atomic mass is 16.7. The maximum Gasteiger partial charge on any atom is 0.338 e. The van der Waals surface area contributed by atoms with Gasteiger partial charge in [0.2, 0.25) is 6.29 Å². The molecule has 32 heavy (non-hydrogen) atoms. The van der Waals surface area contributed by atoms with Gasteiger partial charge in [0.1, 0.15) is 30.2 Å². The summed E-state index contributed by atoms with van der Waals surface area (Å²) in [4.78, 5) is 24.3. The lowest BCUT2D eigenvalue weighted by atomic mass is 9.97. The van der Waals surface area contributed by atoms with Crippen LogP contribution >= 0.6 is 0 Å². The Morgan fingerprint density at radius 2 is 1.66 bits per heavy atom. The number of ether oxygens (including phenoxy) is 4. The Bertz CT molecular complexity index is 973. The minimum atomic E-state index is -1.61. The van der Waals surface area contributed by atoms with E-state index in [9.17, 15) is 30.0 Å². The minimum Gasteiger partial charge on any atom is -0.465 e. The van der Waals surface area contributed by atoms with E-state index in [2.05, 4.69) is 0 Å². The zero-order chi connectivity index (χ0) is 23.4. The Morgan fingerprint density at radius 3 is 2.31 bits per heavy atom. The second kappa shape index (κ2) is 10.1. The van der Waals surface area contributed by atoms with E-state index in [4.69, 9.17) is 18.9 Å². The molecule has 2 aromatic rings. The number of benzene rings is 2. The number of hydrogen-bond acceptors (Lipinski definition) is 10. The first-order valence-corrected chi connectivity index (χ1v) is 9.69. The van der Waals surface area contributed by atoms with E-state index in [0.717, 1.165) is 0 Å². The van der Waals surface area contributed by atoms with Gasteiger partial charge >= 0.3 is 11.9 Å². The molecule has 1 fully saturated rings. The summed E-state index contributed by atoms with van der Waals surface area (Å²) >= 11 is 0. The van der Waals surface area contributed by atoms with Gasteiger partial charge in [-0.2, -0.15) is 0 Å². The topological polar surface area (TPSA) is 152 Å². The maximum absolute atomic E-state index is 12.4. The van der Waals surface area contributed by atoms with Crippen molar-refractivity contribution in [1.29, 1.82) is 0 Å². The van der Waals surface area contributed by atoms with Crippen LogP contribution in [0, 0.1) is 0 Å². The molecule has 0 radical (unpaired) electrons. The monoisotopic (exact) mass is 448 g/mol.